The molecule has 0 unspecified atom stereocenters. The number of benzene rings is 1. The van der Waals surface area contributed by atoms with Gasteiger partial charge in [0.05, 0.1) is 7.11 Å². The van der Waals surface area contributed by atoms with Crippen LogP contribution < -0.4 is 0 Å². The van der Waals surface area contributed by atoms with Gasteiger partial charge < -0.3 is 4.74 Å². The highest BCUT2D eigenvalue weighted by molar-refractivity contribution is 5.93. The van der Waals surface area contributed by atoms with E-state index in [1.54, 1.807) is 0 Å². The molecule has 0 fully saturated rings. The van der Waals surface area contributed by atoms with Gasteiger partial charge in [-0.05, 0) is 17.7 Å². The van der Waals surface area contributed by atoms with Gasteiger partial charge in [0.15, 0.2) is 11.6 Å². The fourth-order valence-electron chi connectivity index (χ4n) is 1.06. The molecule has 1 aromatic carbocycles. The molecular weight excluding hydrogens is 232 g/mol. The highest BCUT2D eigenvalue weighted by atomic mass is 19.2. The van der Waals surface area contributed by atoms with Gasteiger partial charge in [0.2, 0.25) is 0 Å². The number of methoxy groups -OCH3 is 1. The maximum atomic E-state index is 13.3. The molecule has 0 aliphatic rings. The first kappa shape index (κ1) is 12.7. The predicted molar refractivity (Wildman–Crippen MR) is 55.5 cm³/mol. The Hall–Kier alpha value is -2.40. The van der Waals surface area contributed by atoms with Crippen molar-refractivity contribution in [3.05, 3.63) is 51.5 Å². The molecule has 1 rings (SSSR count). The SMILES string of the molecule is COC(=O)/C(=C/c1cccc(F)c1F)N=[N+]=[N-]. The van der Waals surface area contributed by atoms with Gasteiger partial charge in [-0.25, -0.2) is 13.6 Å². The number of halogens is 2. The molecule has 0 aliphatic heterocycles. The number of rotatable bonds is 3. The van der Waals surface area contributed by atoms with Crippen molar-refractivity contribution in [2.75, 3.05) is 7.11 Å². The van der Waals surface area contributed by atoms with Gasteiger partial charge in [-0.2, -0.15) is 0 Å². The molecule has 0 saturated heterocycles. The second-order valence-corrected chi connectivity index (χ2v) is 2.85. The molecule has 0 atom stereocenters. The molecule has 88 valence electrons. The zero-order valence-corrected chi connectivity index (χ0v) is 8.72. The quantitative estimate of drug-likeness (QED) is 0.267. The number of carbonyl (C=O) groups excluding carboxylic acids is 1. The maximum absolute atomic E-state index is 13.3. The number of nitrogens with zero attached hydrogens (tertiary/aromatic N) is 3. The normalized spacial score (nSPS) is 10.6. The first-order valence-electron chi connectivity index (χ1n) is 4.39. The molecule has 0 spiro atoms. The standard InChI is InChI=1S/C10H7F2N3O2/c1-17-10(16)8(14-15-13)5-6-3-2-4-7(11)9(6)12/h2-5H,1H3/b8-5-. The van der Waals surface area contributed by atoms with Crippen LogP contribution in [0.25, 0.3) is 16.5 Å². The molecule has 0 radical (unpaired) electrons. The molecule has 0 saturated carbocycles. The molecule has 0 bridgehead atoms. The van der Waals surface area contributed by atoms with E-state index in [-0.39, 0.29) is 5.56 Å². The van der Waals surface area contributed by atoms with E-state index < -0.39 is 23.3 Å². The third kappa shape index (κ3) is 3.02. The average molecular weight is 239 g/mol. The van der Waals surface area contributed by atoms with Crippen LogP contribution in [0.2, 0.25) is 0 Å². The monoisotopic (exact) mass is 239 g/mol. The zero-order chi connectivity index (χ0) is 12.8. The summed E-state index contributed by atoms with van der Waals surface area (Å²) in [5.74, 6) is -3.14. The smallest absolute Gasteiger partial charge is 0.340 e. The van der Waals surface area contributed by atoms with Crippen molar-refractivity contribution in [1.82, 2.24) is 0 Å². The van der Waals surface area contributed by atoms with Crippen LogP contribution in [0.1, 0.15) is 5.56 Å². The van der Waals surface area contributed by atoms with Crippen molar-refractivity contribution in [3.8, 4) is 0 Å². The van der Waals surface area contributed by atoms with E-state index in [4.69, 9.17) is 5.53 Å². The molecule has 5 nitrogen and oxygen atoms in total. The highest BCUT2D eigenvalue weighted by Crippen LogP contribution is 2.16. The molecule has 0 amide bonds. The topological polar surface area (TPSA) is 75.1 Å². The second kappa shape index (κ2) is 5.62. The summed E-state index contributed by atoms with van der Waals surface area (Å²) < 4.78 is 30.5. The maximum Gasteiger partial charge on any atom is 0.340 e. The van der Waals surface area contributed by atoms with Crippen molar-refractivity contribution in [2.45, 2.75) is 0 Å². The summed E-state index contributed by atoms with van der Waals surface area (Å²) in [6.45, 7) is 0. The largest absolute Gasteiger partial charge is 0.466 e. The van der Waals surface area contributed by atoms with Crippen molar-refractivity contribution in [2.24, 2.45) is 5.11 Å². The van der Waals surface area contributed by atoms with Gasteiger partial charge in [0, 0.05) is 10.5 Å². The summed E-state index contributed by atoms with van der Waals surface area (Å²) in [5, 5.41) is 3.04. The van der Waals surface area contributed by atoms with Crippen molar-refractivity contribution in [1.29, 1.82) is 0 Å². The molecule has 0 aliphatic carbocycles. The Morgan fingerprint density at radius 2 is 2.24 bits per heavy atom. The van der Waals surface area contributed by atoms with Crippen LogP contribution in [-0.4, -0.2) is 13.1 Å². The van der Waals surface area contributed by atoms with Gasteiger partial charge in [-0.15, -0.1) is 0 Å². The van der Waals surface area contributed by atoms with Gasteiger partial charge in [0.1, 0.15) is 5.70 Å². The van der Waals surface area contributed by atoms with Crippen LogP contribution >= 0.6 is 0 Å². The van der Waals surface area contributed by atoms with Crippen molar-refractivity contribution in [3.63, 3.8) is 0 Å². The Kier molecular flexibility index (Phi) is 4.19. The van der Waals surface area contributed by atoms with E-state index in [2.05, 4.69) is 14.8 Å². The lowest BCUT2D eigenvalue weighted by molar-refractivity contribution is -0.136. The van der Waals surface area contributed by atoms with Crippen LogP contribution in [-0.2, 0) is 9.53 Å². The second-order valence-electron chi connectivity index (χ2n) is 2.85. The number of hydrogen-bond donors (Lipinski definition) is 0. The Morgan fingerprint density at radius 1 is 1.53 bits per heavy atom. The van der Waals surface area contributed by atoms with Crippen LogP contribution in [0.3, 0.4) is 0 Å². The summed E-state index contributed by atoms with van der Waals surface area (Å²) in [4.78, 5) is 13.5. The molecule has 7 heteroatoms. The van der Waals surface area contributed by atoms with Gasteiger partial charge in [-0.3, -0.25) is 0 Å². The Labute approximate surface area is 94.9 Å². The molecule has 0 N–H and O–H groups in total. The number of ether oxygens (including phenoxy) is 1. The minimum Gasteiger partial charge on any atom is -0.466 e. The predicted octanol–water partition coefficient (Wildman–Crippen LogP) is 2.79. The van der Waals surface area contributed by atoms with E-state index >= 15 is 0 Å². The van der Waals surface area contributed by atoms with Gasteiger partial charge >= 0.3 is 5.97 Å². The van der Waals surface area contributed by atoms with E-state index in [1.807, 2.05) is 0 Å². The molecule has 0 heterocycles. The average Bonchev–Trinajstić information content (AvgIpc) is 2.33. The highest BCUT2D eigenvalue weighted by Gasteiger charge is 2.11. The van der Waals surface area contributed by atoms with Crippen LogP contribution in [0, 0.1) is 11.6 Å². The summed E-state index contributed by atoms with van der Waals surface area (Å²) in [5.41, 5.74) is 7.56. The van der Waals surface area contributed by atoms with E-state index in [0.717, 1.165) is 19.3 Å². The molecule has 1 aromatic rings. The van der Waals surface area contributed by atoms with Gasteiger partial charge in [0.25, 0.3) is 0 Å². The lowest BCUT2D eigenvalue weighted by atomic mass is 10.1. The fourth-order valence-corrected chi connectivity index (χ4v) is 1.06. The van der Waals surface area contributed by atoms with E-state index in [0.29, 0.717) is 0 Å². The lowest BCUT2D eigenvalue weighted by Crippen LogP contribution is -2.02. The number of azide groups is 1. The minimum absolute atomic E-state index is 0.210. The number of carbonyl (C=O) groups is 1. The molecular formula is C10H7F2N3O2. The third-order valence-corrected chi connectivity index (χ3v) is 1.82. The summed E-state index contributed by atoms with van der Waals surface area (Å²) in [7, 11) is 1.07. The van der Waals surface area contributed by atoms with Crippen LogP contribution in [0.15, 0.2) is 29.0 Å². The minimum atomic E-state index is -1.14. The van der Waals surface area contributed by atoms with Crippen molar-refractivity contribution >= 4 is 12.0 Å². The van der Waals surface area contributed by atoms with E-state index in [9.17, 15) is 13.6 Å². The third-order valence-electron chi connectivity index (χ3n) is 1.82. The molecule has 17 heavy (non-hydrogen) atoms. The first-order chi connectivity index (χ1) is 8.10. The summed E-state index contributed by atoms with van der Waals surface area (Å²) in [6, 6.07) is 3.42. The fraction of sp³-hybridized carbons (Fsp3) is 0.100. The summed E-state index contributed by atoms with van der Waals surface area (Å²) >= 11 is 0. The Balaban J connectivity index is 3.26. The Bertz CT molecular complexity index is 522. The van der Waals surface area contributed by atoms with Crippen molar-refractivity contribution < 1.29 is 18.3 Å². The van der Waals surface area contributed by atoms with Gasteiger partial charge in [-0.1, -0.05) is 17.2 Å². The summed E-state index contributed by atoms with van der Waals surface area (Å²) in [6.07, 6.45) is 0.907. The number of esters is 1. The van der Waals surface area contributed by atoms with Crippen LogP contribution in [0.5, 0.6) is 0 Å². The van der Waals surface area contributed by atoms with Crippen LogP contribution in [0.4, 0.5) is 8.78 Å². The Morgan fingerprint density at radius 3 is 2.82 bits per heavy atom. The zero-order valence-electron chi connectivity index (χ0n) is 8.72. The van der Waals surface area contributed by atoms with E-state index in [1.165, 1.54) is 12.1 Å². The molecule has 0 aromatic heterocycles. The first-order valence-corrected chi connectivity index (χ1v) is 4.39. The number of hydrogen-bond acceptors (Lipinski definition) is 3. The lowest BCUT2D eigenvalue weighted by Gasteiger charge is -2.00.